The molecule has 2 heterocycles. The van der Waals surface area contributed by atoms with E-state index in [4.69, 9.17) is 32.7 Å². The average Bonchev–Trinajstić information content (AvgIpc) is 3.14. The fourth-order valence-corrected chi connectivity index (χ4v) is 5.67. The number of hydrogen-bond acceptors (Lipinski definition) is 8. The minimum atomic E-state index is -4.78. The van der Waals surface area contributed by atoms with Gasteiger partial charge in [0.05, 0.1) is 26.2 Å². The molecule has 2 aliphatic rings. The highest BCUT2D eigenvalue weighted by atomic mass is 31.2. The lowest BCUT2D eigenvalue weighted by atomic mass is 9.92. The lowest BCUT2D eigenvalue weighted by molar-refractivity contribution is -0.262. The van der Waals surface area contributed by atoms with Crippen LogP contribution in [-0.4, -0.2) is 68.6 Å². The number of hydrogen-bond donors (Lipinski definition) is 0. The first-order valence-electron chi connectivity index (χ1n) is 12.0. The number of halogens is 2. The van der Waals surface area contributed by atoms with Gasteiger partial charge in [-0.15, -0.1) is 0 Å². The van der Waals surface area contributed by atoms with Gasteiger partial charge in [0.1, 0.15) is 17.8 Å². The van der Waals surface area contributed by atoms with Crippen LogP contribution in [-0.2, 0) is 37.3 Å². The largest absolute Gasteiger partial charge is 0.399 e. The molecule has 0 spiro atoms. The van der Waals surface area contributed by atoms with E-state index in [1.165, 1.54) is 13.8 Å². The molecule has 0 radical (unpaired) electrons. The SMILES string of the molecule is CCCCOC[C@]1(CC(F)(F)P(=O)(OCC)OCC)O[C@@H]2OC(C)(C)OC2C1OCCCC. The predicted octanol–water partition coefficient (Wildman–Crippen LogP) is 5.48. The van der Waals surface area contributed by atoms with E-state index in [-0.39, 0.29) is 19.8 Å². The molecule has 0 aliphatic carbocycles. The Hall–Kier alpha value is -0.190. The molecule has 0 aromatic heterocycles. The first-order chi connectivity index (χ1) is 15.5. The summed E-state index contributed by atoms with van der Waals surface area (Å²) in [6.07, 6.45) is -0.313. The Morgan fingerprint density at radius 3 is 2.12 bits per heavy atom. The van der Waals surface area contributed by atoms with E-state index in [9.17, 15) is 4.57 Å². The highest BCUT2D eigenvalue weighted by Crippen LogP contribution is 2.65. The zero-order chi connectivity index (χ0) is 24.8. The maximum atomic E-state index is 15.6. The van der Waals surface area contributed by atoms with E-state index < -0.39 is 49.6 Å². The fraction of sp³-hybridized carbons (Fsp3) is 1.00. The van der Waals surface area contributed by atoms with E-state index in [0.29, 0.717) is 13.2 Å². The van der Waals surface area contributed by atoms with E-state index in [1.54, 1.807) is 13.8 Å². The van der Waals surface area contributed by atoms with Crippen molar-refractivity contribution in [1.82, 2.24) is 0 Å². The molecule has 0 bridgehead atoms. The van der Waals surface area contributed by atoms with E-state index in [0.717, 1.165) is 25.7 Å². The van der Waals surface area contributed by atoms with Gasteiger partial charge in [-0.25, -0.2) is 0 Å². The van der Waals surface area contributed by atoms with Gasteiger partial charge in [0.2, 0.25) is 0 Å². The molecule has 196 valence electrons. The van der Waals surface area contributed by atoms with E-state index >= 15 is 8.78 Å². The van der Waals surface area contributed by atoms with Crippen LogP contribution in [0.5, 0.6) is 0 Å². The molecule has 2 fully saturated rings. The van der Waals surface area contributed by atoms with Crippen LogP contribution < -0.4 is 0 Å². The van der Waals surface area contributed by atoms with Crippen LogP contribution in [0.15, 0.2) is 0 Å². The number of alkyl halides is 2. The van der Waals surface area contributed by atoms with Crippen LogP contribution in [0, 0.1) is 0 Å². The monoisotopic (exact) mass is 502 g/mol. The van der Waals surface area contributed by atoms with Crippen LogP contribution in [0.25, 0.3) is 0 Å². The van der Waals surface area contributed by atoms with Gasteiger partial charge in [0.15, 0.2) is 12.1 Å². The van der Waals surface area contributed by atoms with Crippen molar-refractivity contribution in [3.63, 3.8) is 0 Å². The summed E-state index contributed by atoms with van der Waals surface area (Å²) >= 11 is 0. The third-order valence-corrected chi connectivity index (χ3v) is 7.71. The second-order valence-electron chi connectivity index (χ2n) is 8.88. The van der Waals surface area contributed by atoms with E-state index in [1.807, 2.05) is 13.8 Å². The topological polar surface area (TPSA) is 81.7 Å². The molecule has 0 aromatic rings. The van der Waals surface area contributed by atoms with Crippen molar-refractivity contribution in [2.75, 3.05) is 33.0 Å². The quantitative estimate of drug-likeness (QED) is 0.203. The molecule has 2 aliphatic heterocycles. The van der Waals surface area contributed by atoms with E-state index in [2.05, 4.69) is 0 Å². The smallest absolute Gasteiger partial charge is 0.378 e. The first kappa shape index (κ1) is 29.0. The summed E-state index contributed by atoms with van der Waals surface area (Å²) in [5.41, 5.74) is -5.52. The van der Waals surface area contributed by atoms with Crippen molar-refractivity contribution in [3.05, 3.63) is 0 Å². The molecule has 11 heteroatoms. The molecule has 0 amide bonds. The highest BCUT2D eigenvalue weighted by Gasteiger charge is 2.68. The number of ether oxygens (including phenoxy) is 5. The zero-order valence-corrected chi connectivity index (χ0v) is 21.7. The Kier molecular flexibility index (Phi) is 10.7. The van der Waals surface area contributed by atoms with Crippen molar-refractivity contribution in [2.45, 2.75) is 109 Å². The standard InChI is InChI=1S/C22H41F2O8P/c1-7-11-13-26-16-21(15-22(23,24)33(25,28-9-3)29-10-4)18(27-14-12-8-2)17-19(32-21)31-20(5,6)30-17/h17-19H,7-16H2,1-6H3/t17?,18?,19-,21-/m0/s1. The van der Waals surface area contributed by atoms with Gasteiger partial charge in [-0.1, -0.05) is 26.7 Å². The lowest BCUT2D eigenvalue weighted by Gasteiger charge is -2.39. The summed E-state index contributed by atoms with van der Waals surface area (Å²) in [5, 5.41) is 0. The Labute approximate surface area is 196 Å². The molecule has 4 atom stereocenters. The van der Waals surface area contributed by atoms with Crippen molar-refractivity contribution in [1.29, 1.82) is 0 Å². The maximum Gasteiger partial charge on any atom is 0.399 e. The predicted molar refractivity (Wildman–Crippen MR) is 118 cm³/mol. The van der Waals surface area contributed by atoms with Crippen molar-refractivity contribution < 1.29 is 46.1 Å². The van der Waals surface area contributed by atoms with Crippen molar-refractivity contribution in [3.8, 4) is 0 Å². The Morgan fingerprint density at radius 2 is 1.55 bits per heavy atom. The summed E-state index contributed by atoms with van der Waals surface area (Å²) in [5.74, 6) is -0.953. The summed E-state index contributed by atoms with van der Waals surface area (Å²) in [6, 6.07) is 0. The summed E-state index contributed by atoms with van der Waals surface area (Å²) < 4.78 is 84.1. The van der Waals surface area contributed by atoms with Gasteiger partial charge in [0, 0.05) is 13.2 Å². The molecule has 0 saturated carbocycles. The van der Waals surface area contributed by atoms with Gasteiger partial charge in [-0.2, -0.15) is 8.78 Å². The number of fused-ring (bicyclic) bond motifs is 1. The minimum absolute atomic E-state index is 0.185. The third-order valence-electron chi connectivity index (χ3n) is 5.55. The third kappa shape index (κ3) is 6.94. The molecule has 0 aromatic carbocycles. The van der Waals surface area contributed by atoms with Crippen LogP contribution in [0.4, 0.5) is 8.78 Å². The van der Waals surface area contributed by atoms with Gasteiger partial charge >= 0.3 is 13.3 Å². The van der Waals surface area contributed by atoms with Gasteiger partial charge in [-0.3, -0.25) is 4.57 Å². The second kappa shape index (κ2) is 12.2. The summed E-state index contributed by atoms with van der Waals surface area (Å²) in [6.45, 7) is 10.6. The molecular weight excluding hydrogens is 461 g/mol. The van der Waals surface area contributed by atoms with Crippen molar-refractivity contribution >= 4 is 7.60 Å². The highest BCUT2D eigenvalue weighted by molar-refractivity contribution is 7.55. The summed E-state index contributed by atoms with van der Waals surface area (Å²) in [4.78, 5) is 0. The number of unbranched alkanes of at least 4 members (excludes halogenated alkanes) is 2. The molecule has 0 N–H and O–H groups in total. The van der Waals surface area contributed by atoms with Crippen LogP contribution in [0.2, 0.25) is 0 Å². The normalized spacial score (nSPS) is 29.5. The molecule has 2 saturated heterocycles. The Balaban J connectivity index is 2.40. The molecule has 2 unspecified atom stereocenters. The lowest BCUT2D eigenvalue weighted by Crippen LogP contribution is -2.53. The molecule has 8 nitrogen and oxygen atoms in total. The molecule has 33 heavy (non-hydrogen) atoms. The maximum absolute atomic E-state index is 15.6. The Bertz CT molecular complexity index is 640. The van der Waals surface area contributed by atoms with Crippen LogP contribution in [0.3, 0.4) is 0 Å². The van der Waals surface area contributed by atoms with Crippen LogP contribution in [0.1, 0.15) is 73.6 Å². The van der Waals surface area contributed by atoms with Crippen molar-refractivity contribution in [2.24, 2.45) is 0 Å². The number of rotatable bonds is 16. The molecular formula is C22H41F2O8P. The first-order valence-corrected chi connectivity index (χ1v) is 13.5. The van der Waals surface area contributed by atoms with Gasteiger partial charge < -0.3 is 32.7 Å². The van der Waals surface area contributed by atoms with Gasteiger partial charge in [0.25, 0.3) is 0 Å². The summed E-state index contributed by atoms with van der Waals surface area (Å²) in [7, 11) is -4.78. The average molecular weight is 503 g/mol. The minimum Gasteiger partial charge on any atom is -0.378 e. The Morgan fingerprint density at radius 1 is 0.939 bits per heavy atom. The molecule has 2 rings (SSSR count). The van der Waals surface area contributed by atoms with Gasteiger partial charge in [-0.05, 0) is 40.5 Å². The second-order valence-corrected chi connectivity index (χ2v) is 11.0. The van der Waals surface area contributed by atoms with Crippen LogP contribution >= 0.6 is 7.60 Å². The zero-order valence-electron chi connectivity index (χ0n) is 20.8. The fourth-order valence-electron chi connectivity index (χ4n) is 4.08.